The standard InChI is InChI=1S/C16H25N3O2/c1-3-14-9-13(16(20)21)10-15(18-14)17-11-12-5-7-19(4-2)8-6-12/h9-10,12H,3-8,11H2,1-2H3,(H,17,18)(H,20,21). The summed E-state index contributed by atoms with van der Waals surface area (Å²) in [4.78, 5) is 18.1. The van der Waals surface area contributed by atoms with Crippen molar-refractivity contribution in [2.45, 2.75) is 33.1 Å². The third kappa shape index (κ3) is 4.43. The Balaban J connectivity index is 1.93. The highest BCUT2D eigenvalue weighted by atomic mass is 16.4. The van der Waals surface area contributed by atoms with Gasteiger partial charge in [0.05, 0.1) is 5.56 Å². The summed E-state index contributed by atoms with van der Waals surface area (Å²) in [6.07, 6.45) is 3.13. The van der Waals surface area contributed by atoms with Gasteiger partial charge in [0.15, 0.2) is 0 Å². The molecule has 2 heterocycles. The molecule has 1 saturated heterocycles. The Kier molecular flexibility index (Phi) is 5.56. The van der Waals surface area contributed by atoms with Crippen molar-refractivity contribution in [2.75, 3.05) is 31.5 Å². The zero-order valence-corrected chi connectivity index (χ0v) is 12.9. The number of carboxylic acids is 1. The van der Waals surface area contributed by atoms with Crippen LogP contribution in [0, 0.1) is 5.92 Å². The molecule has 0 radical (unpaired) electrons. The summed E-state index contributed by atoms with van der Waals surface area (Å²) < 4.78 is 0. The molecule has 2 N–H and O–H groups in total. The predicted molar refractivity (Wildman–Crippen MR) is 83.9 cm³/mol. The van der Waals surface area contributed by atoms with Crippen molar-refractivity contribution in [1.29, 1.82) is 0 Å². The highest BCUT2D eigenvalue weighted by Gasteiger charge is 2.18. The smallest absolute Gasteiger partial charge is 0.335 e. The maximum atomic E-state index is 11.1. The third-order valence-corrected chi connectivity index (χ3v) is 4.21. The van der Waals surface area contributed by atoms with Gasteiger partial charge in [-0.15, -0.1) is 0 Å². The molecule has 5 heteroatoms. The van der Waals surface area contributed by atoms with Gasteiger partial charge in [-0.2, -0.15) is 0 Å². The number of nitrogens with zero attached hydrogens (tertiary/aromatic N) is 2. The number of carboxylic acid groups (broad SMARTS) is 1. The largest absolute Gasteiger partial charge is 0.478 e. The molecule has 0 atom stereocenters. The van der Waals surface area contributed by atoms with Crippen LogP contribution in [0.5, 0.6) is 0 Å². The van der Waals surface area contributed by atoms with E-state index in [0.717, 1.165) is 38.3 Å². The number of aryl methyl sites for hydroxylation is 1. The second kappa shape index (κ2) is 7.41. The van der Waals surface area contributed by atoms with Crippen LogP contribution in [0.2, 0.25) is 0 Å². The highest BCUT2D eigenvalue weighted by molar-refractivity contribution is 5.88. The SMILES string of the molecule is CCc1cc(C(=O)O)cc(NCC2CCN(CC)CC2)n1. The van der Waals surface area contributed by atoms with Gasteiger partial charge >= 0.3 is 5.97 Å². The molecule has 116 valence electrons. The van der Waals surface area contributed by atoms with E-state index in [1.54, 1.807) is 12.1 Å². The quantitative estimate of drug-likeness (QED) is 0.843. The molecular formula is C16H25N3O2. The first kappa shape index (κ1) is 15.8. The van der Waals surface area contributed by atoms with Crippen molar-refractivity contribution in [1.82, 2.24) is 9.88 Å². The number of pyridine rings is 1. The monoisotopic (exact) mass is 291 g/mol. The van der Waals surface area contributed by atoms with Crippen molar-refractivity contribution in [3.63, 3.8) is 0 Å². The van der Waals surface area contributed by atoms with Crippen LogP contribution >= 0.6 is 0 Å². The van der Waals surface area contributed by atoms with Crippen LogP contribution in [-0.4, -0.2) is 47.1 Å². The number of aromatic carboxylic acids is 1. The number of anilines is 1. The predicted octanol–water partition coefficient (Wildman–Crippen LogP) is 2.49. The van der Waals surface area contributed by atoms with E-state index < -0.39 is 5.97 Å². The van der Waals surface area contributed by atoms with E-state index in [4.69, 9.17) is 5.11 Å². The Morgan fingerprint density at radius 1 is 1.38 bits per heavy atom. The molecule has 0 aliphatic carbocycles. The first-order valence-electron chi connectivity index (χ1n) is 7.82. The zero-order valence-electron chi connectivity index (χ0n) is 12.9. The number of hydrogen-bond donors (Lipinski definition) is 2. The van der Waals surface area contributed by atoms with E-state index in [2.05, 4.69) is 22.1 Å². The Hall–Kier alpha value is -1.62. The maximum absolute atomic E-state index is 11.1. The van der Waals surface area contributed by atoms with Crippen molar-refractivity contribution in [3.05, 3.63) is 23.4 Å². The van der Waals surface area contributed by atoms with Crippen molar-refractivity contribution >= 4 is 11.8 Å². The van der Waals surface area contributed by atoms with Gasteiger partial charge in [-0.1, -0.05) is 13.8 Å². The molecular weight excluding hydrogens is 266 g/mol. The zero-order chi connectivity index (χ0) is 15.2. The van der Waals surface area contributed by atoms with E-state index >= 15 is 0 Å². The van der Waals surface area contributed by atoms with Gasteiger partial charge in [0.25, 0.3) is 0 Å². The summed E-state index contributed by atoms with van der Waals surface area (Å²) in [5, 5.41) is 12.5. The molecule has 0 amide bonds. The van der Waals surface area contributed by atoms with Crippen LogP contribution in [-0.2, 0) is 6.42 Å². The number of hydrogen-bond acceptors (Lipinski definition) is 4. The van der Waals surface area contributed by atoms with Gasteiger partial charge < -0.3 is 15.3 Å². The maximum Gasteiger partial charge on any atom is 0.335 e. The molecule has 0 aromatic carbocycles. The van der Waals surface area contributed by atoms with Crippen LogP contribution in [0.3, 0.4) is 0 Å². The molecule has 1 aromatic rings. The van der Waals surface area contributed by atoms with Crippen molar-refractivity contribution in [3.8, 4) is 0 Å². The minimum Gasteiger partial charge on any atom is -0.478 e. The lowest BCUT2D eigenvalue weighted by molar-refractivity contribution is 0.0696. The number of rotatable bonds is 6. The van der Waals surface area contributed by atoms with Gasteiger partial charge in [0.2, 0.25) is 0 Å². The molecule has 21 heavy (non-hydrogen) atoms. The van der Waals surface area contributed by atoms with E-state index in [1.165, 1.54) is 12.8 Å². The second-order valence-corrected chi connectivity index (χ2v) is 5.65. The number of carbonyl (C=O) groups is 1. The third-order valence-electron chi connectivity index (χ3n) is 4.21. The highest BCUT2D eigenvalue weighted by Crippen LogP contribution is 2.18. The van der Waals surface area contributed by atoms with Crippen LogP contribution in [0.1, 0.15) is 42.7 Å². The molecule has 1 aliphatic heterocycles. The fourth-order valence-electron chi connectivity index (χ4n) is 2.74. The van der Waals surface area contributed by atoms with Gasteiger partial charge in [-0.3, -0.25) is 0 Å². The molecule has 1 aromatic heterocycles. The topological polar surface area (TPSA) is 65.5 Å². The van der Waals surface area contributed by atoms with Gasteiger partial charge in [0, 0.05) is 12.2 Å². The Labute approximate surface area is 126 Å². The average molecular weight is 291 g/mol. The van der Waals surface area contributed by atoms with Gasteiger partial charge in [-0.25, -0.2) is 9.78 Å². The van der Waals surface area contributed by atoms with Gasteiger partial charge in [0.1, 0.15) is 5.82 Å². The van der Waals surface area contributed by atoms with Crippen LogP contribution in [0.4, 0.5) is 5.82 Å². The lowest BCUT2D eigenvalue weighted by Crippen LogP contribution is -2.35. The Bertz CT molecular complexity index is 482. The van der Waals surface area contributed by atoms with Gasteiger partial charge in [-0.05, 0) is 56.9 Å². The number of piperidine rings is 1. The first-order chi connectivity index (χ1) is 10.1. The lowest BCUT2D eigenvalue weighted by Gasteiger charge is -2.31. The summed E-state index contributed by atoms with van der Waals surface area (Å²) in [6, 6.07) is 3.27. The summed E-state index contributed by atoms with van der Waals surface area (Å²) >= 11 is 0. The van der Waals surface area contributed by atoms with Crippen molar-refractivity contribution < 1.29 is 9.90 Å². The number of likely N-dealkylation sites (tertiary alicyclic amines) is 1. The molecule has 0 bridgehead atoms. The fourth-order valence-corrected chi connectivity index (χ4v) is 2.74. The molecule has 0 saturated carbocycles. The molecule has 1 fully saturated rings. The van der Waals surface area contributed by atoms with Crippen LogP contribution in [0.15, 0.2) is 12.1 Å². The van der Waals surface area contributed by atoms with Crippen molar-refractivity contribution in [2.24, 2.45) is 5.92 Å². The van der Waals surface area contributed by atoms with Crippen LogP contribution < -0.4 is 5.32 Å². The minimum absolute atomic E-state index is 0.310. The van der Waals surface area contributed by atoms with Crippen LogP contribution in [0.25, 0.3) is 0 Å². The summed E-state index contributed by atoms with van der Waals surface area (Å²) in [7, 11) is 0. The molecule has 0 spiro atoms. The fraction of sp³-hybridized carbons (Fsp3) is 0.625. The van der Waals surface area contributed by atoms with E-state index in [9.17, 15) is 4.79 Å². The summed E-state index contributed by atoms with van der Waals surface area (Å²) in [5.41, 5.74) is 1.13. The average Bonchev–Trinajstić information content (AvgIpc) is 2.53. The van der Waals surface area contributed by atoms with E-state index in [-0.39, 0.29) is 0 Å². The number of aromatic nitrogens is 1. The van der Waals surface area contributed by atoms with E-state index in [1.807, 2.05) is 6.92 Å². The molecule has 5 nitrogen and oxygen atoms in total. The summed E-state index contributed by atoms with van der Waals surface area (Å²) in [6.45, 7) is 8.50. The Morgan fingerprint density at radius 2 is 2.10 bits per heavy atom. The molecule has 0 unspecified atom stereocenters. The van der Waals surface area contributed by atoms with E-state index in [0.29, 0.717) is 17.3 Å². The lowest BCUT2D eigenvalue weighted by atomic mass is 9.97. The Morgan fingerprint density at radius 3 is 2.67 bits per heavy atom. The molecule has 1 aliphatic rings. The number of nitrogens with one attached hydrogen (secondary N) is 1. The normalized spacial score (nSPS) is 16.9. The molecule has 2 rings (SSSR count). The first-order valence-corrected chi connectivity index (χ1v) is 7.82. The second-order valence-electron chi connectivity index (χ2n) is 5.65. The minimum atomic E-state index is -0.897. The summed E-state index contributed by atoms with van der Waals surface area (Å²) in [5.74, 6) is 0.434.